The van der Waals surface area contributed by atoms with Crippen LogP contribution in [-0.4, -0.2) is 15.9 Å². The number of hydrogen-bond donors (Lipinski definition) is 0. The van der Waals surface area contributed by atoms with E-state index in [4.69, 9.17) is 0 Å². The van der Waals surface area contributed by atoms with Gasteiger partial charge in [-0.15, -0.1) is 22.7 Å². The van der Waals surface area contributed by atoms with E-state index in [1.165, 1.54) is 11.0 Å². The molecule has 3 aromatic heterocycles. The third kappa shape index (κ3) is 2.61. The fourth-order valence-corrected chi connectivity index (χ4v) is 3.95. The summed E-state index contributed by atoms with van der Waals surface area (Å²) in [5, 5.41) is 4.82. The van der Waals surface area contributed by atoms with Crippen molar-refractivity contribution in [3.63, 3.8) is 0 Å². The lowest BCUT2D eigenvalue weighted by Crippen LogP contribution is -2.16. The fraction of sp³-hybridized carbons (Fsp3) is 0.154. The Morgan fingerprint density at radius 2 is 2.30 bits per heavy atom. The van der Waals surface area contributed by atoms with Crippen molar-refractivity contribution in [1.82, 2.24) is 9.66 Å². The summed E-state index contributed by atoms with van der Waals surface area (Å²) in [6, 6.07) is 5.79. The first-order valence-electron chi connectivity index (χ1n) is 5.97. The van der Waals surface area contributed by atoms with Gasteiger partial charge >= 0.3 is 0 Å². The molecule has 0 atom stereocenters. The molecule has 102 valence electrons. The van der Waals surface area contributed by atoms with Crippen molar-refractivity contribution >= 4 is 55.0 Å². The molecule has 3 aromatic rings. The van der Waals surface area contributed by atoms with Gasteiger partial charge in [0, 0.05) is 9.75 Å². The summed E-state index contributed by atoms with van der Waals surface area (Å²) < 4.78 is 2.31. The quantitative estimate of drug-likeness (QED) is 0.662. The Bertz CT molecular complexity index is 847. The lowest BCUT2D eigenvalue weighted by atomic mass is 10.3. The summed E-state index contributed by atoms with van der Waals surface area (Å²) in [7, 11) is 0. The minimum absolute atomic E-state index is 0.127. The average molecular weight is 368 g/mol. The van der Waals surface area contributed by atoms with E-state index in [1.54, 1.807) is 28.9 Å². The Balaban J connectivity index is 2.01. The predicted octanol–water partition coefficient (Wildman–Crippen LogP) is 3.73. The molecule has 0 aromatic carbocycles. The number of thiophene rings is 2. The molecule has 7 heteroatoms. The number of aromatic nitrogens is 2. The molecule has 0 saturated heterocycles. The number of halogens is 1. The molecule has 0 amide bonds. The molecule has 0 spiro atoms. The molecular formula is C13H10BrN3OS2. The Labute approximate surface area is 131 Å². The normalized spacial score (nSPS) is 11.7. The molecule has 0 N–H and O–H groups in total. The van der Waals surface area contributed by atoms with Crippen LogP contribution in [0.2, 0.25) is 0 Å². The zero-order chi connectivity index (χ0) is 14.1. The minimum Gasteiger partial charge on any atom is -0.267 e. The predicted molar refractivity (Wildman–Crippen MR) is 88.3 cm³/mol. The third-order valence-electron chi connectivity index (χ3n) is 2.74. The van der Waals surface area contributed by atoms with Gasteiger partial charge in [-0.25, -0.2) is 4.98 Å². The molecule has 0 aliphatic rings. The Hall–Kier alpha value is -1.31. The van der Waals surface area contributed by atoms with Crippen molar-refractivity contribution in [2.45, 2.75) is 13.3 Å². The maximum absolute atomic E-state index is 12.3. The van der Waals surface area contributed by atoms with Gasteiger partial charge in [-0.2, -0.15) is 9.78 Å². The van der Waals surface area contributed by atoms with Crippen molar-refractivity contribution in [3.8, 4) is 0 Å². The van der Waals surface area contributed by atoms with Gasteiger partial charge in [-0.3, -0.25) is 4.79 Å². The summed E-state index contributed by atoms with van der Waals surface area (Å²) >= 11 is 6.51. The van der Waals surface area contributed by atoms with Gasteiger partial charge in [0.1, 0.15) is 11.2 Å². The molecule has 0 unspecified atom stereocenters. The second-order valence-corrected chi connectivity index (χ2v) is 7.68. The fourth-order valence-electron chi connectivity index (χ4n) is 1.74. The summed E-state index contributed by atoms with van der Waals surface area (Å²) in [4.78, 5) is 19.5. The van der Waals surface area contributed by atoms with Crippen LogP contribution in [0, 0.1) is 0 Å². The highest BCUT2D eigenvalue weighted by molar-refractivity contribution is 9.11. The molecule has 0 radical (unpaired) electrons. The topological polar surface area (TPSA) is 47.2 Å². The number of aryl methyl sites for hydroxylation is 1. The van der Waals surface area contributed by atoms with Crippen LogP contribution in [0.25, 0.3) is 10.2 Å². The van der Waals surface area contributed by atoms with Crippen LogP contribution in [0.15, 0.2) is 38.2 Å². The molecule has 0 saturated carbocycles. The molecule has 0 aliphatic heterocycles. The molecule has 3 heterocycles. The highest BCUT2D eigenvalue weighted by Crippen LogP contribution is 2.21. The largest absolute Gasteiger partial charge is 0.282 e. The summed E-state index contributed by atoms with van der Waals surface area (Å²) in [5.41, 5.74) is -0.127. The minimum atomic E-state index is -0.127. The molecule has 0 fully saturated rings. The maximum Gasteiger partial charge on any atom is 0.282 e. The highest BCUT2D eigenvalue weighted by Gasteiger charge is 2.07. The van der Waals surface area contributed by atoms with Crippen molar-refractivity contribution < 1.29 is 0 Å². The zero-order valence-corrected chi connectivity index (χ0v) is 13.8. The van der Waals surface area contributed by atoms with Crippen LogP contribution < -0.4 is 5.56 Å². The zero-order valence-electron chi connectivity index (χ0n) is 10.5. The Morgan fingerprint density at radius 3 is 3.00 bits per heavy atom. The SMILES string of the molecule is CCc1cc2c(=O)n(/N=C\c3ccc(Br)s3)cnc2s1. The van der Waals surface area contributed by atoms with E-state index in [1.807, 2.05) is 18.2 Å². The monoisotopic (exact) mass is 367 g/mol. The van der Waals surface area contributed by atoms with Gasteiger partial charge in [0.15, 0.2) is 0 Å². The smallest absolute Gasteiger partial charge is 0.267 e. The maximum atomic E-state index is 12.3. The van der Waals surface area contributed by atoms with Gasteiger partial charge in [0.05, 0.1) is 15.4 Å². The van der Waals surface area contributed by atoms with E-state index in [9.17, 15) is 4.79 Å². The van der Waals surface area contributed by atoms with Crippen molar-refractivity contribution in [1.29, 1.82) is 0 Å². The van der Waals surface area contributed by atoms with Crippen LogP contribution >= 0.6 is 38.6 Å². The van der Waals surface area contributed by atoms with Crippen LogP contribution in [-0.2, 0) is 6.42 Å². The van der Waals surface area contributed by atoms with Gasteiger partial charge in [-0.05, 0) is 40.5 Å². The lowest BCUT2D eigenvalue weighted by Gasteiger charge is -1.95. The van der Waals surface area contributed by atoms with E-state index in [-0.39, 0.29) is 5.56 Å². The summed E-state index contributed by atoms with van der Waals surface area (Å²) in [6.07, 6.45) is 4.05. The molecule has 0 bridgehead atoms. The van der Waals surface area contributed by atoms with Gasteiger partial charge in [0.2, 0.25) is 0 Å². The van der Waals surface area contributed by atoms with E-state index in [2.05, 4.69) is 32.9 Å². The van der Waals surface area contributed by atoms with E-state index < -0.39 is 0 Å². The second kappa shape index (κ2) is 5.59. The van der Waals surface area contributed by atoms with Crippen LogP contribution in [0.3, 0.4) is 0 Å². The number of nitrogens with zero attached hydrogens (tertiary/aromatic N) is 3. The van der Waals surface area contributed by atoms with Gasteiger partial charge in [-0.1, -0.05) is 6.92 Å². The Morgan fingerprint density at radius 1 is 1.45 bits per heavy atom. The van der Waals surface area contributed by atoms with E-state index >= 15 is 0 Å². The van der Waals surface area contributed by atoms with Crippen LogP contribution in [0.4, 0.5) is 0 Å². The Kier molecular flexibility index (Phi) is 3.82. The van der Waals surface area contributed by atoms with E-state index in [0.29, 0.717) is 5.39 Å². The van der Waals surface area contributed by atoms with E-state index in [0.717, 1.165) is 24.8 Å². The molecular weight excluding hydrogens is 358 g/mol. The third-order valence-corrected chi connectivity index (χ3v) is 5.48. The standard InChI is InChI=1S/C13H10BrN3OS2/c1-2-8-5-10-12(20-8)15-7-17(13(10)18)16-6-9-3-4-11(14)19-9/h3-7H,2H2,1H3/b16-6-. The first kappa shape index (κ1) is 13.7. The molecule has 4 nitrogen and oxygen atoms in total. The molecule has 3 rings (SSSR count). The van der Waals surface area contributed by atoms with Crippen molar-refractivity contribution in [2.24, 2.45) is 5.10 Å². The second-order valence-electron chi connectivity index (χ2n) is 4.07. The van der Waals surface area contributed by atoms with Gasteiger partial charge < -0.3 is 0 Å². The average Bonchev–Trinajstić information content (AvgIpc) is 3.04. The van der Waals surface area contributed by atoms with Crippen LogP contribution in [0.5, 0.6) is 0 Å². The number of fused-ring (bicyclic) bond motifs is 1. The van der Waals surface area contributed by atoms with Crippen molar-refractivity contribution in [2.75, 3.05) is 0 Å². The highest BCUT2D eigenvalue weighted by atomic mass is 79.9. The number of hydrogen-bond acceptors (Lipinski definition) is 5. The first-order valence-corrected chi connectivity index (χ1v) is 8.39. The van der Waals surface area contributed by atoms with Crippen molar-refractivity contribution in [3.05, 3.63) is 48.4 Å². The van der Waals surface area contributed by atoms with Crippen LogP contribution in [0.1, 0.15) is 16.7 Å². The molecule has 0 aliphatic carbocycles. The summed E-state index contributed by atoms with van der Waals surface area (Å²) in [5.74, 6) is 0. The first-order chi connectivity index (χ1) is 9.67. The van der Waals surface area contributed by atoms with Gasteiger partial charge in [0.25, 0.3) is 5.56 Å². The number of rotatable bonds is 3. The summed E-state index contributed by atoms with van der Waals surface area (Å²) in [6.45, 7) is 2.07. The molecule has 20 heavy (non-hydrogen) atoms. The lowest BCUT2D eigenvalue weighted by molar-refractivity contribution is 0.819.